The van der Waals surface area contributed by atoms with Crippen molar-refractivity contribution < 1.29 is 19.4 Å². The van der Waals surface area contributed by atoms with Crippen LogP contribution in [0.1, 0.15) is 29.2 Å². The SMILES string of the molecule is CCOc1cc2c(cc1OC)-c1cc(=Nc3c(C)cc(C)cc3C)n(CCNC(O)=C(N)C(N)=O)c(=O)n1CC2. The molecule has 1 amide bonds. The predicted molar refractivity (Wildman–Crippen MR) is 152 cm³/mol. The van der Waals surface area contributed by atoms with E-state index in [0.717, 1.165) is 39.2 Å². The summed E-state index contributed by atoms with van der Waals surface area (Å²) in [4.78, 5) is 30.2. The molecule has 40 heavy (non-hydrogen) atoms. The van der Waals surface area contributed by atoms with Gasteiger partial charge in [-0.2, -0.15) is 0 Å². The first kappa shape index (κ1) is 28.3. The van der Waals surface area contributed by atoms with Gasteiger partial charge < -0.3 is 31.4 Å². The number of primary amides is 1. The van der Waals surface area contributed by atoms with Gasteiger partial charge in [-0.15, -0.1) is 0 Å². The minimum atomic E-state index is -0.950. The predicted octanol–water partition coefficient (Wildman–Crippen LogP) is 2.20. The molecule has 6 N–H and O–H groups in total. The monoisotopic (exact) mass is 548 g/mol. The fourth-order valence-corrected chi connectivity index (χ4v) is 5.04. The van der Waals surface area contributed by atoms with Crippen LogP contribution < -0.4 is 37.4 Å². The van der Waals surface area contributed by atoms with E-state index in [9.17, 15) is 14.7 Å². The van der Waals surface area contributed by atoms with Gasteiger partial charge in [0.15, 0.2) is 17.2 Å². The van der Waals surface area contributed by atoms with Crippen LogP contribution in [0.4, 0.5) is 5.69 Å². The first-order chi connectivity index (χ1) is 19.0. The summed E-state index contributed by atoms with van der Waals surface area (Å²) < 4.78 is 14.6. The van der Waals surface area contributed by atoms with Crippen LogP contribution >= 0.6 is 0 Å². The van der Waals surface area contributed by atoms with E-state index in [1.165, 1.54) is 0 Å². The summed E-state index contributed by atoms with van der Waals surface area (Å²) in [5.41, 5.74) is 16.9. The number of hydrogen-bond acceptors (Lipinski definition) is 8. The second-order valence-electron chi connectivity index (χ2n) is 9.73. The third-order valence-electron chi connectivity index (χ3n) is 6.88. The molecule has 3 aromatic rings. The number of carbonyl (C=O) groups is 1. The number of benzene rings is 2. The third-order valence-corrected chi connectivity index (χ3v) is 6.88. The van der Waals surface area contributed by atoms with Gasteiger partial charge in [0.2, 0.25) is 5.88 Å². The number of aliphatic hydroxyl groups excluding tert-OH is 1. The van der Waals surface area contributed by atoms with Crippen LogP contribution in [0.2, 0.25) is 0 Å². The van der Waals surface area contributed by atoms with Crippen LogP contribution in [0.3, 0.4) is 0 Å². The molecule has 2 heterocycles. The Bertz CT molecular complexity index is 1610. The Hall–Kier alpha value is -4.67. The molecular weight excluding hydrogens is 512 g/mol. The van der Waals surface area contributed by atoms with Crippen molar-refractivity contribution in [1.82, 2.24) is 14.5 Å². The number of ether oxygens (including phenoxy) is 2. The van der Waals surface area contributed by atoms with Gasteiger partial charge in [-0.1, -0.05) is 17.7 Å². The van der Waals surface area contributed by atoms with E-state index in [4.69, 9.17) is 25.9 Å². The molecule has 0 unspecified atom stereocenters. The average molecular weight is 549 g/mol. The second kappa shape index (κ2) is 11.6. The zero-order valence-corrected chi connectivity index (χ0v) is 23.5. The molecule has 1 aliphatic rings. The Balaban J connectivity index is 1.91. The van der Waals surface area contributed by atoms with Crippen molar-refractivity contribution >= 4 is 11.6 Å². The highest BCUT2D eigenvalue weighted by Crippen LogP contribution is 2.37. The second-order valence-corrected chi connectivity index (χ2v) is 9.73. The van der Waals surface area contributed by atoms with Gasteiger partial charge in [0.25, 0.3) is 5.91 Å². The Morgan fingerprint density at radius 1 is 1.10 bits per heavy atom. The number of carbonyl (C=O) groups excluding carboxylic acids is 1. The van der Waals surface area contributed by atoms with Gasteiger partial charge in [-0.3, -0.25) is 13.9 Å². The lowest BCUT2D eigenvalue weighted by Gasteiger charge is -2.25. The third kappa shape index (κ3) is 5.54. The Kier molecular flexibility index (Phi) is 8.22. The smallest absolute Gasteiger partial charge is 0.330 e. The van der Waals surface area contributed by atoms with Crippen molar-refractivity contribution in [3.63, 3.8) is 0 Å². The van der Waals surface area contributed by atoms with E-state index in [-0.39, 0.29) is 18.8 Å². The lowest BCUT2D eigenvalue weighted by atomic mass is 9.97. The van der Waals surface area contributed by atoms with E-state index < -0.39 is 17.5 Å². The number of nitrogens with zero attached hydrogens (tertiary/aromatic N) is 3. The maximum Gasteiger partial charge on any atom is 0.330 e. The molecule has 0 fully saturated rings. The maximum atomic E-state index is 13.9. The van der Waals surface area contributed by atoms with Gasteiger partial charge in [0, 0.05) is 31.3 Å². The number of fused-ring (bicyclic) bond motifs is 3. The molecule has 11 heteroatoms. The molecule has 11 nitrogen and oxygen atoms in total. The number of methoxy groups -OCH3 is 1. The van der Waals surface area contributed by atoms with Crippen LogP contribution in [-0.2, 0) is 24.3 Å². The largest absolute Gasteiger partial charge is 0.493 e. The van der Waals surface area contributed by atoms with Crippen molar-refractivity contribution in [1.29, 1.82) is 0 Å². The van der Waals surface area contributed by atoms with E-state index in [1.54, 1.807) is 16.2 Å². The number of aromatic nitrogens is 2. The summed E-state index contributed by atoms with van der Waals surface area (Å²) in [6, 6.07) is 9.87. The minimum absolute atomic E-state index is 0.0928. The summed E-state index contributed by atoms with van der Waals surface area (Å²) >= 11 is 0. The summed E-state index contributed by atoms with van der Waals surface area (Å²) in [7, 11) is 1.59. The number of nitrogens with two attached hydrogens (primary N) is 2. The van der Waals surface area contributed by atoms with Crippen LogP contribution in [0.5, 0.6) is 11.5 Å². The number of aliphatic hydroxyl groups is 1. The van der Waals surface area contributed by atoms with E-state index in [0.29, 0.717) is 36.6 Å². The summed E-state index contributed by atoms with van der Waals surface area (Å²) in [6.45, 7) is 9.12. The first-order valence-electron chi connectivity index (χ1n) is 13.1. The molecular formula is C29H36N6O5. The van der Waals surface area contributed by atoms with Crippen LogP contribution in [-0.4, -0.2) is 40.4 Å². The quantitative estimate of drug-likeness (QED) is 0.236. The molecule has 0 saturated carbocycles. The summed E-state index contributed by atoms with van der Waals surface area (Å²) in [5.74, 6) is -0.244. The first-order valence-corrected chi connectivity index (χ1v) is 13.1. The molecule has 2 aromatic carbocycles. The number of rotatable bonds is 9. The maximum absolute atomic E-state index is 13.9. The van der Waals surface area contributed by atoms with Gasteiger partial charge in [-0.25, -0.2) is 9.79 Å². The zero-order chi connectivity index (χ0) is 29.1. The van der Waals surface area contributed by atoms with Gasteiger partial charge in [-0.05, 0) is 62.9 Å². The molecule has 0 aliphatic carbocycles. The van der Waals surface area contributed by atoms with Crippen LogP contribution in [0.15, 0.2) is 51.7 Å². The van der Waals surface area contributed by atoms with Gasteiger partial charge >= 0.3 is 5.69 Å². The highest BCUT2D eigenvalue weighted by Gasteiger charge is 2.22. The standard InChI is InChI=1S/C29H36N6O5/c1-6-40-23-13-19-7-9-34-21(20(19)14-22(23)39-5)15-24(33-26-17(3)11-16(2)12-18(26)4)35(29(34)38)10-8-32-28(37)25(30)27(31)36/h11-15,32,37H,6-10,30H2,1-5H3,(H2,31,36). The van der Waals surface area contributed by atoms with Crippen molar-refractivity contribution in [3.05, 3.63) is 80.1 Å². The normalized spacial score (nSPS) is 13.3. The van der Waals surface area contributed by atoms with Crippen molar-refractivity contribution in [3.8, 4) is 22.8 Å². The fourth-order valence-electron chi connectivity index (χ4n) is 5.04. The fraction of sp³-hybridized carbons (Fsp3) is 0.345. The average Bonchev–Trinajstić information content (AvgIpc) is 2.91. The van der Waals surface area contributed by atoms with Gasteiger partial charge in [0.1, 0.15) is 5.49 Å². The van der Waals surface area contributed by atoms with Crippen LogP contribution in [0.25, 0.3) is 11.3 Å². The molecule has 212 valence electrons. The molecule has 0 atom stereocenters. The highest BCUT2D eigenvalue weighted by molar-refractivity contribution is 5.91. The van der Waals surface area contributed by atoms with Crippen molar-refractivity contribution in [2.24, 2.45) is 16.5 Å². The number of amides is 1. The Morgan fingerprint density at radius 2 is 1.80 bits per heavy atom. The molecule has 4 rings (SSSR count). The molecule has 0 radical (unpaired) electrons. The molecule has 1 aliphatic heterocycles. The lowest BCUT2D eigenvalue weighted by Crippen LogP contribution is -2.44. The van der Waals surface area contributed by atoms with E-state index in [2.05, 4.69) is 5.32 Å². The van der Waals surface area contributed by atoms with Crippen molar-refractivity contribution in [2.75, 3.05) is 20.3 Å². The highest BCUT2D eigenvalue weighted by atomic mass is 16.5. The Morgan fingerprint density at radius 3 is 2.42 bits per heavy atom. The molecule has 0 spiro atoms. The number of hydrogen-bond donors (Lipinski definition) is 4. The number of nitrogens with one attached hydrogen (secondary N) is 1. The van der Waals surface area contributed by atoms with Crippen molar-refractivity contribution in [2.45, 2.75) is 47.2 Å². The molecule has 0 saturated heterocycles. The summed E-state index contributed by atoms with van der Waals surface area (Å²) in [6.07, 6.45) is 0.635. The molecule has 0 bridgehead atoms. The van der Waals surface area contributed by atoms with Gasteiger partial charge in [0.05, 0.1) is 25.1 Å². The van der Waals surface area contributed by atoms with Crippen LogP contribution in [0, 0.1) is 20.8 Å². The number of aryl methyl sites for hydroxylation is 4. The Labute approximate surface area is 232 Å². The van der Waals surface area contributed by atoms with E-state index in [1.807, 2.05) is 58.0 Å². The minimum Gasteiger partial charge on any atom is -0.493 e. The molecule has 1 aromatic heterocycles. The summed E-state index contributed by atoms with van der Waals surface area (Å²) in [5, 5.41) is 12.7. The zero-order valence-electron chi connectivity index (χ0n) is 23.5. The topological polar surface area (TPSA) is 159 Å². The van der Waals surface area contributed by atoms with E-state index >= 15 is 0 Å². The lowest BCUT2D eigenvalue weighted by molar-refractivity contribution is -0.114.